The van der Waals surface area contributed by atoms with E-state index in [9.17, 15) is 24.6 Å². The zero-order valence-corrected chi connectivity index (χ0v) is 14.6. The molecule has 0 aromatic heterocycles. The summed E-state index contributed by atoms with van der Waals surface area (Å²) in [6.45, 7) is 0.0232. The van der Waals surface area contributed by atoms with Crippen LogP contribution in [0, 0.1) is 0 Å². The van der Waals surface area contributed by atoms with E-state index < -0.39 is 36.5 Å². The Morgan fingerprint density at radius 1 is 1.27 bits per heavy atom. The average Bonchev–Trinajstić information content (AvgIpc) is 2.72. The van der Waals surface area contributed by atoms with Crippen molar-refractivity contribution in [3.63, 3.8) is 0 Å². The minimum absolute atomic E-state index is 0.363. The first-order valence-corrected chi connectivity index (χ1v) is 8.74. The number of nitrogens with zero attached hydrogens (tertiary/aromatic N) is 1. The van der Waals surface area contributed by atoms with Gasteiger partial charge in [-0.2, -0.15) is 0 Å². The molecule has 0 radical (unpaired) electrons. The monoisotopic (exact) mass is 363 g/mol. The van der Waals surface area contributed by atoms with Crippen molar-refractivity contribution in [3.05, 3.63) is 29.8 Å². The fraction of sp³-hybridized carbons (Fsp3) is 0.500. The van der Waals surface area contributed by atoms with Crippen molar-refractivity contribution in [2.75, 3.05) is 18.0 Å². The van der Waals surface area contributed by atoms with Crippen molar-refractivity contribution in [2.45, 2.75) is 44.2 Å². The number of aryl methyl sites for hydroxylation is 1. The van der Waals surface area contributed by atoms with Crippen LogP contribution in [-0.4, -0.2) is 53.2 Å². The average molecular weight is 363 g/mol. The van der Waals surface area contributed by atoms with E-state index in [2.05, 4.69) is 5.32 Å². The number of para-hydroxylation sites is 1. The molecule has 0 bridgehead atoms. The first-order valence-electron chi connectivity index (χ1n) is 8.74. The summed E-state index contributed by atoms with van der Waals surface area (Å²) in [6.07, 6.45) is 2.68. The van der Waals surface area contributed by atoms with E-state index >= 15 is 0 Å². The Labute approximate surface area is 152 Å². The van der Waals surface area contributed by atoms with Crippen LogP contribution in [0.3, 0.4) is 0 Å². The largest absolute Gasteiger partial charge is 0.480 e. The maximum atomic E-state index is 12.9. The Hall–Kier alpha value is -2.45. The van der Waals surface area contributed by atoms with E-state index in [0.29, 0.717) is 44.3 Å². The van der Waals surface area contributed by atoms with E-state index in [4.69, 9.17) is 5.73 Å². The van der Waals surface area contributed by atoms with Crippen LogP contribution in [0.5, 0.6) is 0 Å². The lowest BCUT2D eigenvalue weighted by Gasteiger charge is -2.26. The van der Waals surface area contributed by atoms with Crippen molar-refractivity contribution in [3.8, 4) is 0 Å². The summed E-state index contributed by atoms with van der Waals surface area (Å²) in [4.78, 5) is 36.9. The summed E-state index contributed by atoms with van der Waals surface area (Å²) in [5.41, 5.74) is 6.89. The van der Waals surface area contributed by atoms with Crippen LogP contribution in [0.25, 0.3) is 0 Å². The van der Waals surface area contributed by atoms with Gasteiger partial charge in [0.2, 0.25) is 5.91 Å². The molecular formula is C18H25N3O5. The Balaban J connectivity index is 2.20. The van der Waals surface area contributed by atoms with Crippen molar-refractivity contribution in [2.24, 2.45) is 5.73 Å². The second-order valence-electron chi connectivity index (χ2n) is 6.38. The molecule has 1 aliphatic rings. The highest BCUT2D eigenvalue weighted by Gasteiger charge is 2.33. The van der Waals surface area contributed by atoms with Crippen molar-refractivity contribution in [1.82, 2.24) is 5.32 Å². The number of anilines is 1. The van der Waals surface area contributed by atoms with Crippen LogP contribution in [0.2, 0.25) is 0 Å². The number of amides is 1. The minimum atomic E-state index is -1.12. The van der Waals surface area contributed by atoms with Gasteiger partial charge in [0.15, 0.2) is 0 Å². The highest BCUT2D eigenvalue weighted by molar-refractivity contribution is 6.02. The molecule has 0 aliphatic carbocycles. The van der Waals surface area contributed by atoms with Gasteiger partial charge in [-0.15, -0.1) is 0 Å². The van der Waals surface area contributed by atoms with Gasteiger partial charge in [0.05, 0.1) is 6.04 Å². The summed E-state index contributed by atoms with van der Waals surface area (Å²) in [5.74, 6) is -2.56. The topological polar surface area (TPSA) is 133 Å². The van der Waals surface area contributed by atoms with Gasteiger partial charge in [-0.25, -0.2) is 0 Å². The molecule has 1 amide bonds. The molecule has 5 N–H and O–H groups in total. The zero-order chi connectivity index (χ0) is 19.1. The third-order valence-electron chi connectivity index (χ3n) is 4.49. The molecule has 2 rings (SSSR count). The summed E-state index contributed by atoms with van der Waals surface area (Å²) >= 11 is 0. The SMILES string of the molecule is NCCCC[C@H](NC1CCc2ccccc2N(CC(=O)O)C1=O)C(=O)O. The standard InChI is InChI=1S/C18H25N3O5/c19-10-4-3-6-14(18(25)26)20-13-9-8-12-5-1-2-7-15(12)21(17(13)24)11-16(22)23/h1-2,5,7,13-14,20H,3-4,6,8-11,19H2,(H,22,23)(H,25,26)/t13?,14-/m0/s1. The molecule has 8 heteroatoms. The normalized spacial score (nSPS) is 18.1. The van der Waals surface area contributed by atoms with Crippen LogP contribution in [0.1, 0.15) is 31.2 Å². The molecule has 1 heterocycles. The maximum absolute atomic E-state index is 12.9. The smallest absolute Gasteiger partial charge is 0.323 e. The number of nitrogens with two attached hydrogens (primary N) is 1. The zero-order valence-electron chi connectivity index (χ0n) is 14.6. The van der Waals surface area contributed by atoms with Crippen LogP contribution in [0.4, 0.5) is 5.69 Å². The molecule has 8 nitrogen and oxygen atoms in total. The van der Waals surface area contributed by atoms with Gasteiger partial charge in [-0.3, -0.25) is 24.6 Å². The lowest BCUT2D eigenvalue weighted by atomic mass is 10.0. The number of nitrogens with one attached hydrogen (secondary N) is 1. The minimum Gasteiger partial charge on any atom is -0.480 e. The summed E-state index contributed by atoms with van der Waals surface area (Å²) in [7, 11) is 0. The molecule has 0 saturated carbocycles. The number of rotatable bonds is 9. The highest BCUT2D eigenvalue weighted by atomic mass is 16.4. The molecule has 1 unspecified atom stereocenters. The maximum Gasteiger partial charge on any atom is 0.323 e. The Bertz CT molecular complexity index is 664. The number of carbonyl (C=O) groups excluding carboxylic acids is 1. The number of benzene rings is 1. The van der Waals surface area contributed by atoms with Gasteiger partial charge in [0.25, 0.3) is 0 Å². The predicted octanol–water partition coefficient (Wildman–Crippen LogP) is 0.591. The number of fused-ring (bicyclic) bond motifs is 1. The molecule has 1 aliphatic heterocycles. The Morgan fingerprint density at radius 2 is 2.00 bits per heavy atom. The van der Waals surface area contributed by atoms with Crippen LogP contribution in [0.15, 0.2) is 24.3 Å². The van der Waals surface area contributed by atoms with E-state index in [-0.39, 0.29) is 0 Å². The number of carboxylic acids is 2. The molecule has 2 atom stereocenters. The van der Waals surface area contributed by atoms with Crippen molar-refractivity contribution in [1.29, 1.82) is 0 Å². The van der Waals surface area contributed by atoms with Crippen LogP contribution < -0.4 is 16.0 Å². The predicted molar refractivity (Wildman–Crippen MR) is 96.0 cm³/mol. The second kappa shape index (κ2) is 9.30. The fourth-order valence-electron chi connectivity index (χ4n) is 3.18. The molecule has 0 saturated heterocycles. The Morgan fingerprint density at radius 3 is 2.65 bits per heavy atom. The third kappa shape index (κ3) is 5.03. The second-order valence-corrected chi connectivity index (χ2v) is 6.38. The molecule has 0 fully saturated rings. The number of aliphatic carboxylic acids is 2. The first kappa shape index (κ1) is 19.9. The van der Waals surface area contributed by atoms with Crippen LogP contribution >= 0.6 is 0 Å². The van der Waals surface area contributed by atoms with E-state index in [1.54, 1.807) is 12.1 Å². The number of unbranched alkanes of at least 4 members (excludes halogenated alkanes) is 1. The third-order valence-corrected chi connectivity index (χ3v) is 4.49. The number of hydrogen-bond acceptors (Lipinski definition) is 5. The summed E-state index contributed by atoms with van der Waals surface area (Å²) < 4.78 is 0. The number of carboxylic acid groups (broad SMARTS) is 2. The number of carbonyl (C=O) groups is 3. The lowest BCUT2D eigenvalue weighted by Crippen LogP contribution is -2.52. The van der Waals surface area contributed by atoms with E-state index in [1.165, 1.54) is 4.90 Å². The quantitative estimate of drug-likeness (QED) is 0.472. The molecular weight excluding hydrogens is 338 g/mol. The molecule has 1 aromatic carbocycles. The number of hydrogen-bond donors (Lipinski definition) is 4. The van der Waals surface area contributed by atoms with Gasteiger partial charge in [-0.1, -0.05) is 24.6 Å². The van der Waals surface area contributed by atoms with Gasteiger partial charge in [-0.05, 0) is 43.9 Å². The van der Waals surface area contributed by atoms with Crippen LogP contribution in [-0.2, 0) is 20.8 Å². The summed E-state index contributed by atoms with van der Waals surface area (Å²) in [6, 6.07) is 5.54. The van der Waals surface area contributed by atoms with Gasteiger partial charge in [0.1, 0.15) is 12.6 Å². The van der Waals surface area contributed by atoms with Crippen molar-refractivity contribution >= 4 is 23.5 Å². The van der Waals surface area contributed by atoms with Gasteiger partial charge < -0.3 is 15.9 Å². The van der Waals surface area contributed by atoms with Crippen molar-refractivity contribution < 1.29 is 24.6 Å². The van der Waals surface area contributed by atoms with E-state index in [1.807, 2.05) is 12.1 Å². The fourth-order valence-corrected chi connectivity index (χ4v) is 3.18. The Kier molecular flexibility index (Phi) is 7.11. The lowest BCUT2D eigenvalue weighted by molar-refractivity contribution is -0.140. The van der Waals surface area contributed by atoms with E-state index in [0.717, 1.165) is 5.56 Å². The van der Waals surface area contributed by atoms with Gasteiger partial charge >= 0.3 is 11.9 Å². The molecule has 1 aromatic rings. The molecule has 0 spiro atoms. The highest BCUT2D eigenvalue weighted by Crippen LogP contribution is 2.27. The molecule has 26 heavy (non-hydrogen) atoms. The van der Waals surface area contributed by atoms with Gasteiger partial charge in [0, 0.05) is 5.69 Å². The summed E-state index contributed by atoms with van der Waals surface area (Å²) in [5, 5.41) is 21.5. The first-order chi connectivity index (χ1) is 12.4. The molecule has 142 valence electrons.